The smallest absolute Gasteiger partial charge is 0.328 e. The Bertz CT molecular complexity index is 1030. The molecule has 0 aliphatic heterocycles. The number of benzene rings is 2. The monoisotopic (exact) mass is 596 g/mol. The highest BCUT2D eigenvalue weighted by molar-refractivity contribution is 5.89. The van der Waals surface area contributed by atoms with Crippen LogP contribution in [0.25, 0.3) is 0 Å². The van der Waals surface area contributed by atoms with Gasteiger partial charge in [-0.05, 0) is 50.2 Å². The van der Waals surface area contributed by atoms with E-state index in [0.717, 1.165) is 38.8 Å². The maximum absolute atomic E-state index is 9.95. The lowest BCUT2D eigenvalue weighted by molar-refractivity contribution is -0.134. The summed E-state index contributed by atoms with van der Waals surface area (Å²) in [6.07, 6.45) is 3.80. The summed E-state index contributed by atoms with van der Waals surface area (Å²) in [4.78, 5) is 19.1. The number of carbonyl (C=O) groups is 2. The van der Waals surface area contributed by atoms with Gasteiger partial charge in [0.25, 0.3) is 0 Å². The van der Waals surface area contributed by atoms with Gasteiger partial charge in [0.2, 0.25) is 0 Å². The molecule has 0 aliphatic rings. The minimum Gasteiger partial charge on any atom is -0.504 e. The lowest BCUT2D eigenvalue weighted by Crippen LogP contribution is -2.32. The maximum atomic E-state index is 9.95. The van der Waals surface area contributed by atoms with Crippen LogP contribution in [0.4, 0.5) is 0 Å². The van der Waals surface area contributed by atoms with Gasteiger partial charge in [-0.2, -0.15) is 0 Å². The predicted octanol–water partition coefficient (Wildman–Crippen LogP) is 1.14. The number of aliphatic carboxylic acids is 2. The van der Waals surface area contributed by atoms with Crippen LogP contribution in [0.2, 0.25) is 0 Å². The summed E-state index contributed by atoms with van der Waals surface area (Å²) in [5.41, 5.74) is 0. The Hall–Kier alpha value is -4.24. The number of aromatic hydroxyl groups is 4. The van der Waals surface area contributed by atoms with E-state index in [4.69, 9.17) is 19.7 Å². The van der Waals surface area contributed by atoms with Crippen LogP contribution in [0.3, 0.4) is 0 Å². The molecular formula is C28H40N2O12. The molecular weight excluding hydrogens is 556 g/mol. The van der Waals surface area contributed by atoms with Crippen LogP contribution < -0.4 is 20.1 Å². The molecule has 2 aromatic carbocycles. The third-order valence-corrected chi connectivity index (χ3v) is 5.36. The van der Waals surface area contributed by atoms with Gasteiger partial charge in [0.1, 0.15) is 36.9 Å². The first-order valence-corrected chi connectivity index (χ1v) is 13.2. The van der Waals surface area contributed by atoms with Crippen molar-refractivity contribution < 1.29 is 59.9 Å². The van der Waals surface area contributed by atoms with Gasteiger partial charge >= 0.3 is 11.9 Å². The Balaban J connectivity index is 0.000000962. The normalized spacial score (nSPS) is 12.2. The fourth-order valence-electron chi connectivity index (χ4n) is 3.22. The Morgan fingerprint density at radius 1 is 0.643 bits per heavy atom. The zero-order chi connectivity index (χ0) is 31.3. The molecule has 0 bridgehead atoms. The van der Waals surface area contributed by atoms with Crippen LogP contribution in [0.1, 0.15) is 25.7 Å². The number of nitrogens with one attached hydrogen (secondary N) is 2. The number of carboxylic acids is 2. The van der Waals surface area contributed by atoms with E-state index in [0.29, 0.717) is 36.7 Å². The Kier molecular flexibility index (Phi) is 17.6. The predicted molar refractivity (Wildman–Crippen MR) is 151 cm³/mol. The molecule has 2 rings (SSSR count). The van der Waals surface area contributed by atoms with Crippen molar-refractivity contribution in [3.63, 3.8) is 0 Å². The molecule has 2 aromatic rings. The summed E-state index contributed by atoms with van der Waals surface area (Å²) in [6, 6.07) is 8.28. The van der Waals surface area contributed by atoms with Gasteiger partial charge in [0.05, 0.1) is 0 Å². The van der Waals surface area contributed by atoms with Crippen LogP contribution in [0, 0.1) is 0 Å². The summed E-state index contributed by atoms with van der Waals surface area (Å²) < 4.78 is 10.8. The van der Waals surface area contributed by atoms with E-state index >= 15 is 0 Å². The van der Waals surface area contributed by atoms with Gasteiger partial charge in [-0.1, -0.05) is 12.8 Å². The SMILES string of the molecule is O=C(O)/C=C/C(=O)O.Oc1ccc(OCC(O)CNCCCCCCNCC(O)COc2ccc(O)c(O)c2)cc1O. The molecule has 0 amide bonds. The van der Waals surface area contributed by atoms with Gasteiger partial charge < -0.3 is 61.0 Å². The standard InChI is InChI=1S/C24H36N2O8.C4H4O4/c27-17(15-33-19-5-7-21(29)23(31)11-19)13-25-9-3-1-2-4-10-26-14-18(28)16-34-20-6-8-22(30)24(32)12-20;5-3(6)1-2-4(7)8/h5-8,11-12,17-18,25-32H,1-4,9-10,13-16H2;1-2H,(H,5,6)(H,7,8)/b;2-1+. The number of unbranched alkanes of at least 4 members (excludes halogenated alkanes) is 3. The van der Waals surface area contributed by atoms with Crippen molar-refractivity contribution in [2.75, 3.05) is 39.4 Å². The van der Waals surface area contributed by atoms with E-state index < -0.39 is 24.1 Å². The topological polar surface area (TPSA) is 238 Å². The van der Waals surface area contributed by atoms with Gasteiger partial charge in [-0.25, -0.2) is 9.59 Å². The first kappa shape index (κ1) is 35.8. The number of phenolic OH excluding ortho intramolecular Hbond substituents is 4. The zero-order valence-corrected chi connectivity index (χ0v) is 23.1. The molecule has 0 aromatic heterocycles. The van der Waals surface area contributed by atoms with E-state index in [-0.39, 0.29) is 36.2 Å². The number of aliphatic hydroxyl groups is 2. The largest absolute Gasteiger partial charge is 0.504 e. The van der Waals surface area contributed by atoms with Crippen molar-refractivity contribution in [1.29, 1.82) is 0 Å². The summed E-state index contributed by atoms with van der Waals surface area (Å²) >= 11 is 0. The lowest BCUT2D eigenvalue weighted by atomic mass is 10.2. The molecule has 14 nitrogen and oxygen atoms in total. The van der Waals surface area contributed by atoms with Crippen LogP contribution in [0.15, 0.2) is 48.6 Å². The molecule has 0 saturated carbocycles. The minimum absolute atomic E-state index is 0.0805. The summed E-state index contributed by atoms with van der Waals surface area (Å²) in [5.74, 6) is -2.73. The second-order valence-electron chi connectivity index (χ2n) is 9.06. The van der Waals surface area contributed by atoms with Crippen LogP contribution in [-0.4, -0.2) is 104 Å². The molecule has 2 atom stereocenters. The molecule has 0 aliphatic carbocycles. The Morgan fingerprint density at radius 2 is 1.02 bits per heavy atom. The lowest BCUT2D eigenvalue weighted by Gasteiger charge is -2.14. The van der Waals surface area contributed by atoms with Crippen LogP contribution in [-0.2, 0) is 9.59 Å². The first-order chi connectivity index (χ1) is 20.0. The van der Waals surface area contributed by atoms with Gasteiger partial charge in [-0.3, -0.25) is 0 Å². The van der Waals surface area contributed by atoms with E-state index in [1.165, 1.54) is 36.4 Å². The number of carboxylic acid groups (broad SMARTS) is 2. The Morgan fingerprint density at radius 3 is 1.36 bits per heavy atom. The van der Waals surface area contributed by atoms with Crippen molar-refractivity contribution in [3.8, 4) is 34.5 Å². The number of aliphatic hydroxyl groups excluding tert-OH is 2. The molecule has 0 radical (unpaired) electrons. The molecule has 0 heterocycles. The number of hydrogen-bond donors (Lipinski definition) is 10. The van der Waals surface area contributed by atoms with E-state index in [1.807, 2.05) is 0 Å². The molecule has 0 saturated heterocycles. The Labute approximate surface area is 243 Å². The summed E-state index contributed by atoms with van der Waals surface area (Å²) in [5, 5.41) is 79.2. The van der Waals surface area contributed by atoms with Gasteiger partial charge in [0, 0.05) is 37.4 Å². The minimum atomic E-state index is -1.26. The maximum Gasteiger partial charge on any atom is 0.328 e. The van der Waals surface area contributed by atoms with Crippen LogP contribution in [0.5, 0.6) is 34.5 Å². The fourth-order valence-corrected chi connectivity index (χ4v) is 3.22. The molecule has 2 unspecified atom stereocenters. The molecule has 14 heteroatoms. The second-order valence-corrected chi connectivity index (χ2v) is 9.06. The average molecular weight is 597 g/mol. The molecule has 10 N–H and O–H groups in total. The summed E-state index contributed by atoms with van der Waals surface area (Å²) in [7, 11) is 0. The average Bonchev–Trinajstić information content (AvgIpc) is 2.94. The number of ether oxygens (including phenoxy) is 2. The van der Waals surface area contributed by atoms with Crippen molar-refractivity contribution >= 4 is 11.9 Å². The molecule has 0 spiro atoms. The van der Waals surface area contributed by atoms with Crippen molar-refractivity contribution in [2.24, 2.45) is 0 Å². The zero-order valence-electron chi connectivity index (χ0n) is 23.1. The highest BCUT2D eigenvalue weighted by Gasteiger charge is 2.08. The van der Waals surface area contributed by atoms with Gasteiger partial charge in [-0.15, -0.1) is 0 Å². The second kappa shape index (κ2) is 20.6. The highest BCUT2D eigenvalue weighted by atomic mass is 16.5. The van der Waals surface area contributed by atoms with Crippen molar-refractivity contribution in [3.05, 3.63) is 48.6 Å². The van der Waals surface area contributed by atoms with Crippen molar-refractivity contribution in [1.82, 2.24) is 10.6 Å². The highest BCUT2D eigenvalue weighted by Crippen LogP contribution is 2.29. The third-order valence-electron chi connectivity index (χ3n) is 5.36. The van der Waals surface area contributed by atoms with E-state index in [2.05, 4.69) is 10.6 Å². The van der Waals surface area contributed by atoms with Crippen molar-refractivity contribution in [2.45, 2.75) is 37.9 Å². The van der Waals surface area contributed by atoms with E-state index in [1.54, 1.807) is 0 Å². The van der Waals surface area contributed by atoms with Gasteiger partial charge in [0.15, 0.2) is 23.0 Å². The number of hydrogen-bond acceptors (Lipinski definition) is 12. The third kappa shape index (κ3) is 17.5. The quantitative estimate of drug-likeness (QED) is 0.0622. The number of phenols is 4. The fraction of sp³-hybridized carbons (Fsp3) is 0.429. The number of rotatable bonds is 19. The summed E-state index contributed by atoms with van der Waals surface area (Å²) in [6.45, 7) is 2.53. The molecule has 42 heavy (non-hydrogen) atoms. The van der Waals surface area contributed by atoms with Crippen LogP contribution >= 0.6 is 0 Å². The van der Waals surface area contributed by atoms with E-state index in [9.17, 15) is 40.2 Å². The molecule has 234 valence electrons. The first-order valence-electron chi connectivity index (χ1n) is 13.2. The molecule has 0 fully saturated rings.